The lowest BCUT2D eigenvalue weighted by Crippen LogP contribution is -2.01. The number of aromatic carboxylic acids is 1. The minimum absolute atomic E-state index is 0.247. The van der Waals surface area contributed by atoms with E-state index >= 15 is 0 Å². The first-order valence-electron chi connectivity index (χ1n) is 4.18. The van der Waals surface area contributed by atoms with Crippen LogP contribution in [0.3, 0.4) is 0 Å². The van der Waals surface area contributed by atoms with Gasteiger partial charge in [-0.15, -0.1) is 5.10 Å². The van der Waals surface area contributed by atoms with Crippen molar-refractivity contribution in [1.29, 1.82) is 0 Å². The average Bonchev–Trinajstić information content (AvgIpc) is 2.86. The minimum Gasteiger partial charge on any atom is -0.475 e. The van der Waals surface area contributed by atoms with Gasteiger partial charge in [-0.05, 0) is 0 Å². The van der Waals surface area contributed by atoms with Crippen LogP contribution in [0.25, 0.3) is 5.13 Å². The Hall–Kier alpha value is -1.83. The lowest BCUT2D eigenvalue weighted by molar-refractivity contribution is 0.0683. The second kappa shape index (κ2) is 3.73. The van der Waals surface area contributed by atoms with Crippen molar-refractivity contribution in [2.45, 2.75) is 13.3 Å². The Morgan fingerprint density at radius 1 is 1.67 bits per heavy atom. The van der Waals surface area contributed by atoms with Gasteiger partial charge in [0, 0.05) is 18.0 Å². The summed E-state index contributed by atoms with van der Waals surface area (Å²) in [6.07, 6.45) is 2.04. The summed E-state index contributed by atoms with van der Waals surface area (Å²) in [6.45, 7) is 1.94. The number of hydrogen-bond acceptors (Lipinski definition) is 6. The molecule has 2 aromatic heterocycles. The summed E-state index contributed by atoms with van der Waals surface area (Å²) >= 11 is 1.16. The molecule has 2 aromatic rings. The molecule has 0 aliphatic heterocycles. The second-order valence-electron chi connectivity index (χ2n) is 2.66. The molecular weight excluding hydrogens is 218 g/mol. The van der Waals surface area contributed by atoms with E-state index in [2.05, 4.69) is 19.4 Å². The maximum absolute atomic E-state index is 10.5. The van der Waals surface area contributed by atoms with Gasteiger partial charge in [-0.25, -0.2) is 14.8 Å². The fourth-order valence-corrected chi connectivity index (χ4v) is 1.61. The van der Waals surface area contributed by atoms with E-state index in [0.29, 0.717) is 11.0 Å². The standard InChI is InChI=1S/C7H7N5O2S/c1-2-4-9-7(15-11-4)12-3-8-5(10-12)6(13)14/h3H,2H2,1H3,(H,13,14). The van der Waals surface area contributed by atoms with Crippen molar-refractivity contribution in [2.24, 2.45) is 0 Å². The van der Waals surface area contributed by atoms with Crippen LogP contribution in [0.15, 0.2) is 6.33 Å². The van der Waals surface area contributed by atoms with E-state index in [1.165, 1.54) is 11.0 Å². The molecule has 78 valence electrons. The Bertz CT molecular complexity index is 491. The van der Waals surface area contributed by atoms with Crippen LogP contribution in [0.5, 0.6) is 0 Å². The van der Waals surface area contributed by atoms with Gasteiger partial charge in [-0.2, -0.15) is 9.06 Å². The molecule has 15 heavy (non-hydrogen) atoms. The molecule has 0 radical (unpaired) electrons. The maximum atomic E-state index is 10.5. The number of nitrogens with zero attached hydrogens (tertiary/aromatic N) is 5. The summed E-state index contributed by atoms with van der Waals surface area (Å²) in [5, 5.41) is 12.9. The third-order valence-corrected chi connectivity index (χ3v) is 2.40. The van der Waals surface area contributed by atoms with Crippen LogP contribution in [0, 0.1) is 0 Å². The smallest absolute Gasteiger partial charge is 0.375 e. The van der Waals surface area contributed by atoms with Crippen LogP contribution in [0.2, 0.25) is 0 Å². The Kier molecular flexibility index (Phi) is 2.42. The molecule has 0 aliphatic carbocycles. The first kappa shape index (κ1) is 9.71. The van der Waals surface area contributed by atoms with Crippen molar-refractivity contribution in [3.8, 4) is 5.13 Å². The Balaban J connectivity index is 2.32. The fourth-order valence-electron chi connectivity index (χ4n) is 0.935. The summed E-state index contributed by atoms with van der Waals surface area (Å²) in [5.74, 6) is -0.695. The van der Waals surface area contributed by atoms with Gasteiger partial charge < -0.3 is 5.11 Å². The quantitative estimate of drug-likeness (QED) is 0.811. The third-order valence-electron chi connectivity index (χ3n) is 1.65. The van der Waals surface area contributed by atoms with Gasteiger partial charge in [0.25, 0.3) is 5.82 Å². The van der Waals surface area contributed by atoms with E-state index in [1.807, 2.05) is 6.92 Å². The van der Waals surface area contributed by atoms with Crippen LogP contribution in [-0.4, -0.2) is 35.2 Å². The van der Waals surface area contributed by atoms with Crippen molar-refractivity contribution in [1.82, 2.24) is 24.1 Å². The molecule has 0 unspecified atom stereocenters. The number of aryl methyl sites for hydroxylation is 1. The molecule has 8 heteroatoms. The van der Waals surface area contributed by atoms with Crippen LogP contribution in [0.4, 0.5) is 0 Å². The largest absolute Gasteiger partial charge is 0.475 e. The average molecular weight is 225 g/mol. The molecule has 0 spiro atoms. The van der Waals surface area contributed by atoms with Gasteiger partial charge in [0.1, 0.15) is 12.2 Å². The molecule has 0 aliphatic rings. The fraction of sp³-hybridized carbons (Fsp3) is 0.286. The molecule has 0 saturated heterocycles. The number of carbonyl (C=O) groups is 1. The number of rotatable bonds is 3. The molecule has 7 nitrogen and oxygen atoms in total. The predicted octanol–water partition coefficient (Wildman–Crippen LogP) is 0.379. The van der Waals surface area contributed by atoms with Crippen molar-refractivity contribution < 1.29 is 9.90 Å². The van der Waals surface area contributed by atoms with E-state index in [9.17, 15) is 4.79 Å². The van der Waals surface area contributed by atoms with Crippen molar-refractivity contribution in [3.05, 3.63) is 18.0 Å². The van der Waals surface area contributed by atoms with Crippen LogP contribution in [-0.2, 0) is 6.42 Å². The molecule has 0 atom stereocenters. The summed E-state index contributed by atoms with van der Waals surface area (Å²) in [6, 6.07) is 0. The highest BCUT2D eigenvalue weighted by atomic mass is 32.1. The summed E-state index contributed by atoms with van der Waals surface area (Å²) in [4.78, 5) is 18.3. The predicted molar refractivity (Wildman–Crippen MR) is 51.2 cm³/mol. The highest BCUT2D eigenvalue weighted by molar-refractivity contribution is 7.08. The second-order valence-corrected chi connectivity index (χ2v) is 3.39. The monoisotopic (exact) mass is 225 g/mol. The molecule has 2 rings (SSSR count). The maximum Gasteiger partial charge on any atom is 0.375 e. The summed E-state index contributed by atoms with van der Waals surface area (Å²) in [5.41, 5.74) is 0. The molecule has 0 saturated carbocycles. The van der Waals surface area contributed by atoms with Gasteiger partial charge in [0.2, 0.25) is 5.13 Å². The third kappa shape index (κ3) is 1.84. The van der Waals surface area contributed by atoms with Crippen molar-refractivity contribution >= 4 is 17.5 Å². The van der Waals surface area contributed by atoms with E-state index in [1.54, 1.807) is 0 Å². The normalized spacial score (nSPS) is 10.5. The van der Waals surface area contributed by atoms with Crippen LogP contribution in [0.1, 0.15) is 23.4 Å². The van der Waals surface area contributed by atoms with Crippen molar-refractivity contribution in [3.63, 3.8) is 0 Å². The SMILES string of the molecule is CCc1nsc(-n2cnc(C(=O)O)n2)n1. The first-order valence-corrected chi connectivity index (χ1v) is 4.96. The van der Waals surface area contributed by atoms with Gasteiger partial charge in [0.15, 0.2) is 0 Å². The van der Waals surface area contributed by atoms with Crippen molar-refractivity contribution in [2.75, 3.05) is 0 Å². The zero-order valence-electron chi connectivity index (χ0n) is 7.78. The zero-order valence-corrected chi connectivity index (χ0v) is 8.60. The van der Waals surface area contributed by atoms with Gasteiger partial charge in [-0.3, -0.25) is 0 Å². The van der Waals surface area contributed by atoms with Crippen LogP contribution < -0.4 is 0 Å². The van der Waals surface area contributed by atoms with E-state index < -0.39 is 5.97 Å². The number of hydrogen-bond donors (Lipinski definition) is 1. The van der Waals surface area contributed by atoms with E-state index in [-0.39, 0.29) is 5.82 Å². The molecule has 0 fully saturated rings. The molecule has 0 amide bonds. The lowest BCUT2D eigenvalue weighted by Gasteiger charge is -1.89. The molecule has 2 heterocycles. The summed E-state index contributed by atoms with van der Waals surface area (Å²) in [7, 11) is 0. The topological polar surface area (TPSA) is 93.8 Å². The molecule has 0 bridgehead atoms. The lowest BCUT2D eigenvalue weighted by atomic mass is 10.5. The molecule has 0 aromatic carbocycles. The Morgan fingerprint density at radius 2 is 2.47 bits per heavy atom. The molecule has 1 N–H and O–H groups in total. The van der Waals surface area contributed by atoms with Gasteiger partial charge in [-0.1, -0.05) is 6.92 Å². The Labute approximate surface area is 88.6 Å². The number of aromatic nitrogens is 5. The zero-order chi connectivity index (χ0) is 10.8. The van der Waals surface area contributed by atoms with E-state index in [0.717, 1.165) is 18.0 Å². The van der Waals surface area contributed by atoms with Gasteiger partial charge in [0.05, 0.1) is 0 Å². The number of carboxylic acids is 1. The summed E-state index contributed by atoms with van der Waals surface area (Å²) < 4.78 is 5.37. The van der Waals surface area contributed by atoms with Crippen LogP contribution >= 0.6 is 11.5 Å². The Morgan fingerprint density at radius 3 is 3.00 bits per heavy atom. The highest BCUT2D eigenvalue weighted by Gasteiger charge is 2.12. The van der Waals surface area contributed by atoms with E-state index in [4.69, 9.17) is 5.11 Å². The number of carboxylic acid groups (broad SMARTS) is 1. The highest BCUT2D eigenvalue weighted by Crippen LogP contribution is 2.09. The van der Waals surface area contributed by atoms with Gasteiger partial charge >= 0.3 is 5.97 Å². The minimum atomic E-state index is -1.16. The molecular formula is C7H7N5O2S. The first-order chi connectivity index (χ1) is 7.20.